The number of benzene rings is 1. The molecule has 1 aromatic rings. The molecule has 2 rings (SSSR count). The van der Waals surface area contributed by atoms with Crippen LogP contribution in [0.15, 0.2) is 30.3 Å². The maximum absolute atomic E-state index is 14.0. The van der Waals surface area contributed by atoms with Crippen LogP contribution in [0.1, 0.15) is 86.3 Å². The average Bonchev–Trinajstić information content (AvgIpc) is 3.56. The summed E-state index contributed by atoms with van der Waals surface area (Å²) in [6.45, 7) is 15.7. The van der Waals surface area contributed by atoms with E-state index in [1.165, 1.54) is 0 Å². The summed E-state index contributed by atoms with van der Waals surface area (Å²) in [6.07, 6.45) is -0.607. The molecule has 1 aromatic carbocycles. The molecule has 4 amide bonds. The van der Waals surface area contributed by atoms with Gasteiger partial charge in [-0.2, -0.15) is 0 Å². The van der Waals surface area contributed by atoms with Crippen molar-refractivity contribution in [2.24, 2.45) is 23.7 Å². The van der Waals surface area contributed by atoms with E-state index in [0.29, 0.717) is 18.5 Å². The molecular formula is C38H65N5O7. The number of carbonyl (C=O) groups is 4. The van der Waals surface area contributed by atoms with Crippen molar-refractivity contribution < 1.29 is 33.8 Å². The van der Waals surface area contributed by atoms with Crippen LogP contribution in [0.5, 0.6) is 0 Å². The molecule has 0 saturated carbocycles. The van der Waals surface area contributed by atoms with Crippen LogP contribution in [0.2, 0.25) is 0 Å². The van der Waals surface area contributed by atoms with Gasteiger partial charge >= 0.3 is 0 Å². The smallest absolute Gasteiger partial charge is 0.245 e. The van der Waals surface area contributed by atoms with Gasteiger partial charge in [0.25, 0.3) is 0 Å². The van der Waals surface area contributed by atoms with Gasteiger partial charge in [0.05, 0.1) is 54.8 Å². The zero-order chi connectivity index (χ0) is 37.9. The van der Waals surface area contributed by atoms with Crippen molar-refractivity contribution in [1.29, 1.82) is 0 Å². The molecule has 1 heterocycles. The molecule has 1 fully saturated rings. The van der Waals surface area contributed by atoms with Crippen LogP contribution >= 0.6 is 0 Å². The van der Waals surface area contributed by atoms with Crippen molar-refractivity contribution in [1.82, 2.24) is 25.8 Å². The minimum Gasteiger partial charge on any atom is -0.386 e. The van der Waals surface area contributed by atoms with Gasteiger partial charge < -0.3 is 40.3 Å². The average molecular weight is 704 g/mol. The number of nitrogens with one attached hydrogen (secondary N) is 3. The maximum atomic E-state index is 14.0. The van der Waals surface area contributed by atoms with Gasteiger partial charge in [-0.05, 0) is 50.1 Å². The summed E-state index contributed by atoms with van der Waals surface area (Å²) in [6, 6.07) is 6.65. The summed E-state index contributed by atoms with van der Waals surface area (Å²) in [4.78, 5) is 58.0. The highest BCUT2D eigenvalue weighted by Crippen LogP contribution is 2.29. The predicted molar refractivity (Wildman–Crippen MR) is 195 cm³/mol. The number of nitrogens with zero attached hydrogens (tertiary/aromatic N) is 2. The molecule has 12 nitrogen and oxygen atoms in total. The minimum absolute atomic E-state index is 0.0265. The van der Waals surface area contributed by atoms with Crippen LogP contribution in [0.25, 0.3) is 0 Å². The predicted octanol–water partition coefficient (Wildman–Crippen LogP) is 3.14. The molecule has 0 unspecified atom stereocenters. The zero-order valence-electron chi connectivity index (χ0n) is 32.4. The molecule has 0 aliphatic carbocycles. The van der Waals surface area contributed by atoms with Crippen LogP contribution in [0, 0.1) is 23.7 Å². The summed E-state index contributed by atoms with van der Waals surface area (Å²) >= 11 is 0. The van der Waals surface area contributed by atoms with Crippen molar-refractivity contribution in [3.8, 4) is 0 Å². The highest BCUT2D eigenvalue weighted by molar-refractivity contribution is 5.90. The van der Waals surface area contributed by atoms with Crippen molar-refractivity contribution in [3.05, 3.63) is 35.9 Å². The van der Waals surface area contributed by atoms with Crippen LogP contribution in [0.4, 0.5) is 0 Å². The number of methoxy groups -OCH3 is 2. The van der Waals surface area contributed by atoms with Crippen molar-refractivity contribution in [2.75, 3.05) is 34.9 Å². The number of ether oxygens (including phenoxy) is 2. The van der Waals surface area contributed by atoms with E-state index >= 15 is 0 Å². The second-order valence-corrected chi connectivity index (χ2v) is 14.8. The van der Waals surface area contributed by atoms with Gasteiger partial charge in [0.2, 0.25) is 23.6 Å². The van der Waals surface area contributed by atoms with E-state index < -0.39 is 48.4 Å². The standard InChI is InChI=1S/C38H65N5O7/c1-22(2)31(39-9)37(47)41-32(23(3)4)38(48)42(10)33(24(5)6)29(49-11)21-30(44)43-20-16-19-28(43)35(50-12)25(7)36(46)40-26(8)34(45)27-17-14-13-15-18-27/h13-15,17-18,22-26,28-29,31-35,39,45H,16,19-21H2,1-12H3,(H,40,46)(H,41,47)/t25-,26-,28+,29-,31+,32+,33+,34-,35-/m1/s1. The highest BCUT2D eigenvalue weighted by atomic mass is 16.5. The first-order chi connectivity index (χ1) is 23.5. The highest BCUT2D eigenvalue weighted by Gasteiger charge is 2.43. The third-order valence-electron chi connectivity index (χ3n) is 10.2. The molecule has 284 valence electrons. The van der Waals surface area contributed by atoms with E-state index in [0.717, 1.165) is 6.42 Å². The zero-order valence-corrected chi connectivity index (χ0v) is 32.4. The van der Waals surface area contributed by atoms with Gasteiger partial charge in [-0.15, -0.1) is 0 Å². The number of amides is 4. The summed E-state index contributed by atoms with van der Waals surface area (Å²) in [5.74, 6) is -1.70. The van der Waals surface area contributed by atoms with Gasteiger partial charge in [0.15, 0.2) is 0 Å². The van der Waals surface area contributed by atoms with E-state index in [-0.39, 0.29) is 53.8 Å². The normalized spacial score (nSPS) is 19.8. The molecule has 0 radical (unpaired) electrons. The summed E-state index contributed by atoms with van der Waals surface area (Å²) < 4.78 is 11.8. The van der Waals surface area contributed by atoms with Crippen LogP contribution in [-0.2, 0) is 28.7 Å². The third kappa shape index (κ3) is 11.0. The Morgan fingerprint density at radius 2 is 1.48 bits per heavy atom. The Bertz CT molecular complexity index is 1230. The Kier molecular flexibility index (Phi) is 17.3. The molecule has 1 aliphatic heterocycles. The lowest BCUT2D eigenvalue weighted by atomic mass is 9.91. The lowest BCUT2D eigenvalue weighted by Crippen LogP contribution is -2.59. The summed E-state index contributed by atoms with van der Waals surface area (Å²) in [5.41, 5.74) is 0.710. The van der Waals surface area contributed by atoms with Crippen LogP contribution < -0.4 is 16.0 Å². The summed E-state index contributed by atoms with van der Waals surface area (Å²) in [7, 11) is 6.53. The fraction of sp³-hybridized carbons (Fsp3) is 0.737. The largest absolute Gasteiger partial charge is 0.386 e. The minimum atomic E-state index is -0.875. The number of carbonyl (C=O) groups excluding carboxylic acids is 4. The lowest BCUT2D eigenvalue weighted by molar-refractivity contribution is -0.147. The molecule has 4 N–H and O–H groups in total. The number of likely N-dealkylation sites (tertiary alicyclic amines) is 1. The number of hydrogen-bond donors (Lipinski definition) is 4. The topological polar surface area (TPSA) is 150 Å². The van der Waals surface area contributed by atoms with Crippen molar-refractivity contribution in [2.45, 2.75) is 123 Å². The first kappa shape index (κ1) is 43.1. The number of rotatable bonds is 19. The van der Waals surface area contributed by atoms with Gasteiger partial charge in [0.1, 0.15) is 6.04 Å². The Morgan fingerprint density at radius 1 is 0.880 bits per heavy atom. The first-order valence-electron chi connectivity index (χ1n) is 18.1. The Hall–Kier alpha value is -3.06. The quantitative estimate of drug-likeness (QED) is 0.172. The number of aliphatic hydroxyl groups excluding tert-OH is 1. The van der Waals surface area contributed by atoms with Gasteiger partial charge in [-0.1, -0.05) is 78.8 Å². The van der Waals surface area contributed by atoms with E-state index in [1.807, 2.05) is 71.9 Å². The van der Waals surface area contributed by atoms with E-state index in [9.17, 15) is 24.3 Å². The van der Waals surface area contributed by atoms with Crippen LogP contribution in [-0.4, -0.2) is 116 Å². The second kappa shape index (κ2) is 20.1. The van der Waals surface area contributed by atoms with E-state index in [2.05, 4.69) is 16.0 Å². The Morgan fingerprint density at radius 3 is 1.98 bits per heavy atom. The van der Waals surface area contributed by atoms with Gasteiger partial charge in [0, 0.05) is 27.8 Å². The summed E-state index contributed by atoms with van der Waals surface area (Å²) in [5, 5.41) is 19.7. The lowest BCUT2D eigenvalue weighted by Gasteiger charge is -2.40. The number of hydrogen-bond acceptors (Lipinski definition) is 8. The molecule has 0 spiro atoms. The molecule has 9 atom stereocenters. The molecule has 1 saturated heterocycles. The SMILES string of the molecule is CN[C@H](C(=O)N[C@H](C(=O)N(C)[C@@H](C(C)C)[C@@H](CC(=O)N1CCC[C@H]1[C@H](OC)[C@@H](C)C(=O)N[C@H](C)[C@@H](O)c1ccccc1)OC)C(C)C)C(C)C. The Balaban J connectivity index is 2.20. The second-order valence-electron chi connectivity index (χ2n) is 14.8. The maximum Gasteiger partial charge on any atom is 0.245 e. The molecule has 1 aliphatic rings. The Labute approximate surface area is 300 Å². The fourth-order valence-corrected chi connectivity index (χ4v) is 7.31. The van der Waals surface area contributed by atoms with Crippen molar-refractivity contribution in [3.63, 3.8) is 0 Å². The monoisotopic (exact) mass is 703 g/mol. The van der Waals surface area contributed by atoms with Crippen LogP contribution in [0.3, 0.4) is 0 Å². The van der Waals surface area contributed by atoms with Gasteiger partial charge in [-0.25, -0.2) is 0 Å². The third-order valence-corrected chi connectivity index (χ3v) is 10.2. The number of likely N-dealkylation sites (N-methyl/N-ethyl adjacent to an activating group) is 2. The first-order valence-corrected chi connectivity index (χ1v) is 18.1. The fourth-order valence-electron chi connectivity index (χ4n) is 7.31. The van der Waals surface area contributed by atoms with E-state index in [1.54, 1.807) is 52.0 Å². The molecule has 0 bridgehead atoms. The van der Waals surface area contributed by atoms with E-state index in [4.69, 9.17) is 9.47 Å². The molecular weight excluding hydrogens is 638 g/mol. The molecule has 0 aromatic heterocycles. The van der Waals surface area contributed by atoms with Gasteiger partial charge in [-0.3, -0.25) is 19.2 Å². The molecule has 12 heteroatoms. The number of aliphatic hydroxyl groups is 1. The molecule has 50 heavy (non-hydrogen) atoms. The van der Waals surface area contributed by atoms with Crippen molar-refractivity contribution >= 4 is 23.6 Å².